The minimum Gasteiger partial charge on any atom is -0.353 e. The van der Waals surface area contributed by atoms with Gasteiger partial charge in [-0.05, 0) is 76.4 Å². The van der Waals surface area contributed by atoms with Crippen molar-refractivity contribution >= 4 is 28.4 Å². The standard InChI is InChI=1S/C29H38N8O/c1-17(2)26-27(22-14-36-29(30-16-31-36)19(4)18(22)3)32-23-10-11-24(33-28(23)26)35-12-20-8-7-9-21(13-35)37(20)25(38)15-34(5)6/h10-11,14,16-17,20-21,32H,7-9,12-13,15H2,1-6H3/t20-,21+. The van der Waals surface area contributed by atoms with Gasteiger partial charge in [-0.25, -0.2) is 14.5 Å². The van der Waals surface area contributed by atoms with Crippen molar-refractivity contribution < 1.29 is 4.79 Å². The van der Waals surface area contributed by atoms with Crippen LogP contribution in [0.1, 0.15) is 55.7 Å². The van der Waals surface area contributed by atoms with E-state index in [0.29, 0.717) is 6.54 Å². The number of likely N-dealkylation sites (N-methyl/N-ethyl adjacent to an activating group) is 1. The van der Waals surface area contributed by atoms with Crippen molar-refractivity contribution in [1.82, 2.24) is 34.4 Å². The lowest BCUT2D eigenvalue weighted by Gasteiger charge is -2.50. The molecule has 2 bridgehead atoms. The molecule has 2 fully saturated rings. The summed E-state index contributed by atoms with van der Waals surface area (Å²) in [4.78, 5) is 33.0. The highest BCUT2D eigenvalue weighted by Crippen LogP contribution is 2.38. The maximum Gasteiger partial charge on any atom is 0.237 e. The number of fused-ring (bicyclic) bond motifs is 4. The molecule has 2 aliphatic heterocycles. The van der Waals surface area contributed by atoms with Gasteiger partial charge < -0.3 is 19.7 Å². The summed E-state index contributed by atoms with van der Waals surface area (Å²) in [7, 11) is 3.93. The molecule has 2 aliphatic rings. The normalized spacial score (nSPS) is 19.9. The Bertz CT molecular complexity index is 1500. The number of carbonyl (C=O) groups is 1. The minimum absolute atomic E-state index is 0.249. The maximum absolute atomic E-state index is 13.0. The molecule has 6 heterocycles. The van der Waals surface area contributed by atoms with Crippen molar-refractivity contribution in [2.75, 3.05) is 38.6 Å². The molecule has 2 atom stereocenters. The first-order chi connectivity index (χ1) is 18.2. The summed E-state index contributed by atoms with van der Waals surface area (Å²) in [6.45, 7) is 10.9. The van der Waals surface area contributed by atoms with E-state index in [2.05, 4.69) is 70.9 Å². The first-order valence-electron chi connectivity index (χ1n) is 13.8. The molecule has 1 amide bonds. The number of piperazine rings is 1. The van der Waals surface area contributed by atoms with Crippen LogP contribution in [0.5, 0.6) is 0 Å². The van der Waals surface area contributed by atoms with Crippen molar-refractivity contribution in [2.24, 2.45) is 0 Å². The van der Waals surface area contributed by atoms with Gasteiger partial charge in [-0.3, -0.25) is 4.79 Å². The van der Waals surface area contributed by atoms with Gasteiger partial charge in [0.25, 0.3) is 0 Å². The number of nitrogens with one attached hydrogen (secondary N) is 1. The lowest BCUT2D eigenvalue weighted by Crippen LogP contribution is -2.63. The topological polar surface area (TPSA) is 85.7 Å². The summed E-state index contributed by atoms with van der Waals surface area (Å²) in [5.74, 6) is 1.54. The third kappa shape index (κ3) is 4.04. The Kier molecular flexibility index (Phi) is 6.13. The molecule has 0 aliphatic carbocycles. The zero-order chi connectivity index (χ0) is 26.7. The number of aryl methyl sites for hydroxylation is 1. The number of pyridine rings is 2. The van der Waals surface area contributed by atoms with Gasteiger partial charge in [0.05, 0.1) is 23.3 Å². The third-order valence-electron chi connectivity index (χ3n) is 8.42. The predicted molar refractivity (Wildman–Crippen MR) is 151 cm³/mol. The van der Waals surface area contributed by atoms with Gasteiger partial charge in [0.15, 0.2) is 5.65 Å². The van der Waals surface area contributed by atoms with Crippen LogP contribution in [0.3, 0.4) is 0 Å². The zero-order valence-electron chi connectivity index (χ0n) is 23.3. The summed E-state index contributed by atoms with van der Waals surface area (Å²) in [6, 6.07) is 4.80. The van der Waals surface area contributed by atoms with Gasteiger partial charge in [-0.2, -0.15) is 5.10 Å². The second-order valence-corrected chi connectivity index (χ2v) is 11.6. The Morgan fingerprint density at radius 1 is 1.13 bits per heavy atom. The molecular formula is C29H38N8O. The van der Waals surface area contributed by atoms with Crippen LogP contribution in [0, 0.1) is 13.8 Å². The monoisotopic (exact) mass is 514 g/mol. The number of nitrogens with zero attached hydrogens (tertiary/aromatic N) is 7. The SMILES string of the molecule is Cc1c(-c2[nH]c3ccc(N4C[C@H]5CCC[C@@H](C4)N5C(=O)CN(C)C)nc3c2C(C)C)cn2ncnc2c1C. The fraction of sp³-hybridized carbons (Fsp3) is 0.517. The second-order valence-electron chi connectivity index (χ2n) is 11.6. The fourth-order valence-corrected chi connectivity index (χ4v) is 6.53. The van der Waals surface area contributed by atoms with Gasteiger partial charge in [0.2, 0.25) is 5.91 Å². The van der Waals surface area contributed by atoms with E-state index in [1.165, 1.54) is 17.5 Å². The predicted octanol–water partition coefficient (Wildman–Crippen LogP) is 4.14. The number of aromatic nitrogens is 5. The van der Waals surface area contributed by atoms with Crippen LogP contribution >= 0.6 is 0 Å². The smallest absolute Gasteiger partial charge is 0.237 e. The van der Waals surface area contributed by atoms with E-state index in [-0.39, 0.29) is 23.9 Å². The van der Waals surface area contributed by atoms with Gasteiger partial charge in [0.1, 0.15) is 12.1 Å². The molecule has 0 spiro atoms. The Hall–Kier alpha value is -3.46. The molecule has 9 heteroatoms. The van der Waals surface area contributed by atoms with E-state index in [9.17, 15) is 4.79 Å². The van der Waals surface area contributed by atoms with Crippen molar-refractivity contribution in [3.8, 4) is 11.3 Å². The van der Waals surface area contributed by atoms with Gasteiger partial charge >= 0.3 is 0 Å². The molecule has 0 radical (unpaired) electrons. The summed E-state index contributed by atoms with van der Waals surface area (Å²) in [5.41, 5.74) is 8.76. The number of amides is 1. The molecule has 1 N–H and O–H groups in total. The number of rotatable bonds is 5. The van der Waals surface area contributed by atoms with Crippen molar-refractivity contribution in [3.05, 3.63) is 41.3 Å². The number of carbonyl (C=O) groups excluding carboxylic acids is 1. The molecule has 6 rings (SSSR count). The lowest BCUT2D eigenvalue weighted by molar-refractivity contribution is -0.139. The number of hydrogen-bond donors (Lipinski definition) is 1. The minimum atomic E-state index is 0.249. The van der Waals surface area contributed by atoms with Crippen molar-refractivity contribution in [2.45, 2.75) is 65.0 Å². The van der Waals surface area contributed by atoms with Crippen molar-refractivity contribution in [3.63, 3.8) is 0 Å². The summed E-state index contributed by atoms with van der Waals surface area (Å²) < 4.78 is 1.86. The summed E-state index contributed by atoms with van der Waals surface area (Å²) in [6.07, 6.45) is 6.99. The molecule has 200 valence electrons. The average Bonchev–Trinajstić information content (AvgIpc) is 3.49. The van der Waals surface area contributed by atoms with Crippen LogP contribution in [0.25, 0.3) is 27.9 Å². The molecule has 4 aromatic heterocycles. The van der Waals surface area contributed by atoms with Crippen molar-refractivity contribution in [1.29, 1.82) is 0 Å². The van der Waals surface area contributed by atoms with E-state index in [1.807, 2.05) is 23.5 Å². The van der Waals surface area contributed by atoms with Crippen LogP contribution in [0.2, 0.25) is 0 Å². The number of anilines is 1. The molecule has 2 saturated heterocycles. The molecule has 4 aromatic rings. The van der Waals surface area contributed by atoms with E-state index in [4.69, 9.17) is 4.98 Å². The molecule has 0 unspecified atom stereocenters. The first-order valence-corrected chi connectivity index (χ1v) is 13.8. The Morgan fingerprint density at radius 3 is 2.55 bits per heavy atom. The fourth-order valence-electron chi connectivity index (χ4n) is 6.53. The van der Waals surface area contributed by atoms with E-state index < -0.39 is 0 Å². The number of hydrogen-bond acceptors (Lipinski definition) is 6. The molecule has 38 heavy (non-hydrogen) atoms. The average molecular weight is 515 g/mol. The Morgan fingerprint density at radius 2 is 1.87 bits per heavy atom. The first kappa shape index (κ1) is 24.9. The van der Waals surface area contributed by atoms with Gasteiger partial charge in [-0.15, -0.1) is 0 Å². The zero-order valence-corrected chi connectivity index (χ0v) is 23.3. The van der Waals surface area contributed by atoms with Crippen LogP contribution in [-0.4, -0.2) is 86.1 Å². The van der Waals surface area contributed by atoms with E-state index in [1.54, 1.807) is 6.33 Å². The number of H-pyrrole nitrogens is 1. The quantitative estimate of drug-likeness (QED) is 0.431. The second kappa shape index (κ2) is 9.38. The lowest BCUT2D eigenvalue weighted by atomic mass is 9.91. The Balaban J connectivity index is 1.38. The summed E-state index contributed by atoms with van der Waals surface area (Å²) in [5, 5.41) is 4.41. The third-order valence-corrected chi connectivity index (χ3v) is 8.42. The van der Waals surface area contributed by atoms with E-state index >= 15 is 0 Å². The Labute approximate surface area is 223 Å². The van der Waals surface area contributed by atoms with Crippen LogP contribution < -0.4 is 4.90 Å². The maximum atomic E-state index is 13.0. The highest BCUT2D eigenvalue weighted by Gasteiger charge is 2.40. The van der Waals surface area contributed by atoms with Gasteiger partial charge in [0, 0.05) is 42.5 Å². The molecule has 9 nitrogen and oxygen atoms in total. The van der Waals surface area contributed by atoms with Crippen LogP contribution in [-0.2, 0) is 4.79 Å². The highest BCUT2D eigenvalue weighted by molar-refractivity contribution is 5.90. The van der Waals surface area contributed by atoms with E-state index in [0.717, 1.165) is 65.3 Å². The van der Waals surface area contributed by atoms with Gasteiger partial charge in [-0.1, -0.05) is 13.8 Å². The number of piperidine rings is 1. The van der Waals surface area contributed by atoms with Crippen LogP contribution in [0.4, 0.5) is 5.82 Å². The molecule has 0 aromatic carbocycles. The summed E-state index contributed by atoms with van der Waals surface area (Å²) >= 11 is 0. The largest absolute Gasteiger partial charge is 0.353 e. The molecular weight excluding hydrogens is 476 g/mol. The van der Waals surface area contributed by atoms with Crippen LogP contribution in [0.15, 0.2) is 24.7 Å². The highest BCUT2D eigenvalue weighted by atomic mass is 16.2. The molecule has 0 saturated carbocycles. The number of aromatic amines is 1.